The van der Waals surface area contributed by atoms with Gasteiger partial charge in [0.1, 0.15) is 18.3 Å². The molecule has 11 heteroatoms. The third-order valence-corrected chi connectivity index (χ3v) is 10.4. The predicted molar refractivity (Wildman–Crippen MR) is 163 cm³/mol. The summed E-state index contributed by atoms with van der Waals surface area (Å²) in [6.07, 6.45) is 2.06. The van der Waals surface area contributed by atoms with E-state index in [-0.39, 0.29) is 29.7 Å². The maximum absolute atomic E-state index is 13.7. The molecule has 3 aliphatic rings. The topological polar surface area (TPSA) is 159 Å². The predicted octanol–water partition coefficient (Wildman–Crippen LogP) is 4.66. The number of hydrogen-bond donors (Lipinski definition) is 2. The number of esters is 4. The van der Waals surface area contributed by atoms with E-state index >= 15 is 0 Å². The lowest BCUT2D eigenvalue weighted by Crippen LogP contribution is -2.75. The minimum atomic E-state index is -2.01. The number of cyclic esters (lactones) is 1. The Kier molecular flexibility index (Phi) is 8.83. The van der Waals surface area contributed by atoms with E-state index in [2.05, 4.69) is 4.98 Å². The van der Waals surface area contributed by atoms with Gasteiger partial charge in [0.25, 0.3) is 0 Å². The van der Waals surface area contributed by atoms with Crippen molar-refractivity contribution in [2.45, 2.75) is 77.8 Å². The molecule has 2 aromatic rings. The molecule has 1 aliphatic heterocycles. The number of allylic oxidation sites excluding steroid dienone is 1. The number of aliphatic hydroxyl groups excluding tert-OH is 1. The van der Waals surface area contributed by atoms with Gasteiger partial charge in [0, 0.05) is 42.1 Å². The van der Waals surface area contributed by atoms with E-state index in [1.54, 1.807) is 49.4 Å². The van der Waals surface area contributed by atoms with Crippen molar-refractivity contribution in [1.29, 1.82) is 0 Å². The zero-order valence-corrected chi connectivity index (χ0v) is 26.5. The maximum Gasteiger partial charge on any atom is 0.373 e. The van der Waals surface area contributed by atoms with Crippen molar-refractivity contribution in [1.82, 2.24) is 4.98 Å². The van der Waals surface area contributed by atoms with Crippen LogP contribution in [0.4, 0.5) is 0 Å². The first kappa shape index (κ1) is 32.9. The van der Waals surface area contributed by atoms with E-state index < -0.39 is 70.3 Å². The Labute approximate surface area is 267 Å². The lowest BCUT2D eigenvalue weighted by molar-refractivity contribution is -0.290. The van der Waals surface area contributed by atoms with Gasteiger partial charge in [-0.1, -0.05) is 43.7 Å². The SMILES string of the molecule is CC(=O)OC(CC1=C(O)C(=O)OC1)[C@]1(C)[C@H]2CCC=C(C)[C@]2(C)C(OC(=O)c2cccnc2)C(OC(=O)c2ccccc2)[C@]1(C)O. The number of aromatic nitrogens is 1. The number of fused-ring (bicyclic) bond motifs is 1. The van der Waals surface area contributed by atoms with Gasteiger partial charge in [-0.3, -0.25) is 9.78 Å². The van der Waals surface area contributed by atoms with Crippen LogP contribution in [0.25, 0.3) is 0 Å². The summed E-state index contributed by atoms with van der Waals surface area (Å²) in [4.78, 5) is 56.0. The van der Waals surface area contributed by atoms with Crippen LogP contribution in [0.2, 0.25) is 0 Å². The fraction of sp³-hybridized carbons (Fsp3) is 0.457. The van der Waals surface area contributed by atoms with Crippen molar-refractivity contribution in [3.05, 3.63) is 89.0 Å². The molecule has 2 aliphatic carbocycles. The normalized spacial score (nSPS) is 31.2. The smallest absolute Gasteiger partial charge is 0.373 e. The minimum absolute atomic E-state index is 0.140. The van der Waals surface area contributed by atoms with Crippen LogP contribution < -0.4 is 0 Å². The number of carbonyl (C=O) groups is 4. The molecule has 46 heavy (non-hydrogen) atoms. The van der Waals surface area contributed by atoms with Crippen molar-refractivity contribution < 1.29 is 48.3 Å². The van der Waals surface area contributed by atoms with Crippen LogP contribution in [0, 0.1) is 16.7 Å². The van der Waals surface area contributed by atoms with Gasteiger partial charge in [0.15, 0.2) is 12.2 Å². The second-order valence-electron chi connectivity index (χ2n) is 12.8. The first-order valence-corrected chi connectivity index (χ1v) is 15.2. The molecule has 3 unspecified atom stereocenters. The largest absolute Gasteiger partial charge is 0.502 e. The highest BCUT2D eigenvalue weighted by Crippen LogP contribution is 2.65. The molecule has 0 radical (unpaired) electrons. The van der Waals surface area contributed by atoms with Gasteiger partial charge in [0.2, 0.25) is 5.76 Å². The number of benzene rings is 1. The molecular weight excluding hydrogens is 594 g/mol. The first-order valence-electron chi connectivity index (χ1n) is 15.2. The Morgan fingerprint density at radius 1 is 1.02 bits per heavy atom. The van der Waals surface area contributed by atoms with Crippen LogP contribution in [-0.4, -0.2) is 69.6 Å². The Bertz CT molecular complexity index is 1580. The van der Waals surface area contributed by atoms with Crippen molar-refractivity contribution in [3.8, 4) is 0 Å². The quantitative estimate of drug-likeness (QED) is 0.237. The van der Waals surface area contributed by atoms with Crippen LogP contribution >= 0.6 is 0 Å². The number of carbonyl (C=O) groups excluding carboxylic acids is 4. The van der Waals surface area contributed by atoms with Gasteiger partial charge >= 0.3 is 23.9 Å². The molecule has 2 heterocycles. The van der Waals surface area contributed by atoms with Crippen LogP contribution in [0.1, 0.15) is 74.6 Å². The van der Waals surface area contributed by atoms with Crippen LogP contribution in [-0.2, 0) is 28.5 Å². The zero-order chi connectivity index (χ0) is 33.4. The maximum atomic E-state index is 13.7. The molecule has 5 rings (SSSR count). The van der Waals surface area contributed by atoms with E-state index in [1.165, 1.54) is 26.2 Å². The molecule has 7 atom stereocenters. The molecule has 11 nitrogen and oxygen atoms in total. The summed E-state index contributed by atoms with van der Waals surface area (Å²) in [7, 11) is 0. The number of pyridine rings is 1. The molecular formula is C35H39NO10. The lowest BCUT2D eigenvalue weighted by atomic mass is 9.42. The molecule has 1 saturated carbocycles. The fourth-order valence-corrected chi connectivity index (χ4v) is 7.60. The Hall–Kier alpha value is -4.51. The second kappa shape index (κ2) is 12.4. The molecule has 0 saturated heterocycles. The van der Waals surface area contributed by atoms with Gasteiger partial charge in [-0.15, -0.1) is 0 Å². The average molecular weight is 634 g/mol. The van der Waals surface area contributed by atoms with Gasteiger partial charge in [-0.25, -0.2) is 14.4 Å². The Morgan fingerprint density at radius 3 is 2.28 bits per heavy atom. The monoisotopic (exact) mass is 633 g/mol. The van der Waals surface area contributed by atoms with E-state index in [0.29, 0.717) is 12.8 Å². The molecule has 0 spiro atoms. The molecule has 0 amide bonds. The van der Waals surface area contributed by atoms with Gasteiger partial charge in [0.05, 0.1) is 11.1 Å². The van der Waals surface area contributed by atoms with Crippen molar-refractivity contribution >= 4 is 23.9 Å². The standard InChI is InChI=1S/C35H39NO10/c1-20-11-9-15-25-33(20,3)28(45-31(40)23-14-10-16-36-18-23)29(46-30(39)22-12-7-6-8-13-22)35(5,42)34(25,4)26(44-21(2)37)17-24-19-43-32(41)27(24)38/h6-8,10-14,16,18,25-26,28-29,38,42H,9,15,17,19H2,1-5H3/t25-,26?,28?,29?,33-,34-,35-/m0/s1. The van der Waals surface area contributed by atoms with Gasteiger partial charge < -0.3 is 29.2 Å². The number of rotatable bonds is 8. The molecule has 1 aromatic heterocycles. The summed E-state index contributed by atoms with van der Waals surface area (Å²) in [6.45, 7) is 8.04. The second-order valence-corrected chi connectivity index (χ2v) is 12.8. The van der Waals surface area contributed by atoms with Crippen LogP contribution in [0.15, 0.2) is 77.8 Å². The minimum Gasteiger partial charge on any atom is -0.502 e. The Balaban J connectivity index is 1.70. The van der Waals surface area contributed by atoms with Gasteiger partial charge in [-0.05, 0) is 56.9 Å². The number of ether oxygens (including phenoxy) is 4. The third-order valence-electron chi connectivity index (χ3n) is 10.4. The average Bonchev–Trinajstić information content (AvgIpc) is 3.35. The summed E-state index contributed by atoms with van der Waals surface area (Å²) >= 11 is 0. The number of hydrogen-bond acceptors (Lipinski definition) is 11. The first-order chi connectivity index (χ1) is 21.7. The summed E-state index contributed by atoms with van der Waals surface area (Å²) < 4.78 is 23.4. The summed E-state index contributed by atoms with van der Waals surface area (Å²) in [5.74, 6) is -4.12. The van der Waals surface area contributed by atoms with Gasteiger partial charge in [-0.2, -0.15) is 0 Å². The van der Waals surface area contributed by atoms with E-state index in [1.807, 2.05) is 19.9 Å². The van der Waals surface area contributed by atoms with E-state index in [0.717, 1.165) is 5.57 Å². The van der Waals surface area contributed by atoms with E-state index in [9.17, 15) is 29.4 Å². The molecule has 1 aromatic carbocycles. The third kappa shape index (κ3) is 5.46. The fourth-order valence-electron chi connectivity index (χ4n) is 7.60. The summed E-state index contributed by atoms with van der Waals surface area (Å²) in [5, 5.41) is 23.3. The highest BCUT2D eigenvalue weighted by molar-refractivity contribution is 5.90. The molecule has 244 valence electrons. The Morgan fingerprint density at radius 2 is 1.67 bits per heavy atom. The number of nitrogens with zero attached hydrogens (tertiary/aromatic N) is 1. The van der Waals surface area contributed by atoms with Crippen molar-refractivity contribution in [2.24, 2.45) is 16.7 Å². The zero-order valence-electron chi connectivity index (χ0n) is 26.5. The highest BCUT2D eigenvalue weighted by atomic mass is 16.6. The summed E-state index contributed by atoms with van der Waals surface area (Å²) in [6, 6.07) is 11.4. The molecule has 1 fully saturated rings. The van der Waals surface area contributed by atoms with E-state index in [4.69, 9.17) is 18.9 Å². The molecule has 0 bridgehead atoms. The van der Waals surface area contributed by atoms with Crippen LogP contribution in [0.3, 0.4) is 0 Å². The lowest BCUT2D eigenvalue weighted by Gasteiger charge is -2.66. The van der Waals surface area contributed by atoms with Crippen molar-refractivity contribution in [2.75, 3.05) is 6.61 Å². The highest BCUT2D eigenvalue weighted by Gasteiger charge is 2.73. The molecule has 2 N–H and O–H groups in total. The van der Waals surface area contributed by atoms with Crippen LogP contribution in [0.5, 0.6) is 0 Å². The van der Waals surface area contributed by atoms with Crippen molar-refractivity contribution in [3.63, 3.8) is 0 Å². The number of aliphatic hydroxyl groups is 2. The summed E-state index contributed by atoms with van der Waals surface area (Å²) in [5.41, 5.74) is -3.04.